The van der Waals surface area contributed by atoms with Crippen molar-refractivity contribution in [3.8, 4) is 0 Å². The SMILES string of the molecule is CCCCCCCCCCCCCCCC(CCCCCCCCC)COS(=O)(=O)[O-].[K+]. The van der Waals surface area contributed by atoms with Gasteiger partial charge < -0.3 is 4.55 Å². The third kappa shape index (κ3) is 29.5. The fourth-order valence-corrected chi connectivity index (χ4v) is 4.69. The van der Waals surface area contributed by atoms with Gasteiger partial charge in [0, 0.05) is 0 Å². The second-order valence-corrected chi connectivity index (χ2v) is 10.6. The minimum absolute atomic E-state index is 0. The van der Waals surface area contributed by atoms with Crippen molar-refractivity contribution < 1.29 is 68.5 Å². The first-order chi connectivity index (χ1) is 15.0. The van der Waals surface area contributed by atoms with Crippen molar-refractivity contribution in [1.82, 2.24) is 0 Å². The van der Waals surface area contributed by atoms with Crippen LogP contribution in [0.1, 0.15) is 155 Å². The van der Waals surface area contributed by atoms with Crippen LogP contribution in [0, 0.1) is 5.92 Å². The molecule has 0 aromatic carbocycles. The van der Waals surface area contributed by atoms with Crippen LogP contribution in [0.2, 0.25) is 0 Å². The van der Waals surface area contributed by atoms with Gasteiger partial charge in [-0.05, 0) is 18.8 Å². The summed E-state index contributed by atoms with van der Waals surface area (Å²) in [5.74, 6) is 0.201. The largest absolute Gasteiger partial charge is 1.00 e. The van der Waals surface area contributed by atoms with Crippen LogP contribution in [0.4, 0.5) is 0 Å². The van der Waals surface area contributed by atoms with E-state index in [1.807, 2.05) is 0 Å². The van der Waals surface area contributed by atoms with Crippen LogP contribution in [0.15, 0.2) is 0 Å². The fraction of sp³-hybridized carbons (Fsp3) is 1.00. The van der Waals surface area contributed by atoms with Crippen LogP contribution in [0.5, 0.6) is 0 Å². The Balaban J connectivity index is 0. The third-order valence-electron chi connectivity index (χ3n) is 6.38. The van der Waals surface area contributed by atoms with Gasteiger partial charge in [0.05, 0.1) is 6.61 Å². The van der Waals surface area contributed by atoms with Crippen LogP contribution >= 0.6 is 0 Å². The predicted octanol–water partition coefficient (Wildman–Crippen LogP) is 5.71. The van der Waals surface area contributed by atoms with Crippen LogP contribution < -0.4 is 51.4 Å². The van der Waals surface area contributed by atoms with E-state index >= 15 is 0 Å². The molecule has 0 N–H and O–H groups in total. The van der Waals surface area contributed by atoms with Crippen molar-refractivity contribution in [2.24, 2.45) is 5.92 Å². The van der Waals surface area contributed by atoms with Crippen LogP contribution in [0.3, 0.4) is 0 Å². The molecule has 0 saturated carbocycles. The number of hydrogen-bond acceptors (Lipinski definition) is 4. The van der Waals surface area contributed by atoms with E-state index in [1.165, 1.54) is 116 Å². The van der Waals surface area contributed by atoms with E-state index in [-0.39, 0.29) is 63.9 Å². The molecule has 0 aliphatic heterocycles. The molecule has 0 radical (unpaired) electrons. The zero-order valence-corrected chi connectivity index (χ0v) is 25.8. The minimum atomic E-state index is -4.57. The monoisotopic (exact) mass is 500 g/mol. The molecule has 188 valence electrons. The van der Waals surface area contributed by atoms with Crippen LogP contribution in [0.25, 0.3) is 0 Å². The molecule has 0 bridgehead atoms. The van der Waals surface area contributed by atoms with E-state index in [9.17, 15) is 13.0 Å². The molecule has 0 aliphatic rings. The Labute approximate surface area is 244 Å². The Kier molecular flexibility index (Phi) is 30.2. The van der Waals surface area contributed by atoms with Gasteiger partial charge in [-0.3, -0.25) is 4.18 Å². The van der Waals surface area contributed by atoms with Gasteiger partial charge in [-0.15, -0.1) is 0 Å². The second-order valence-electron chi connectivity index (χ2n) is 9.50. The van der Waals surface area contributed by atoms with E-state index < -0.39 is 10.4 Å². The van der Waals surface area contributed by atoms with E-state index in [4.69, 9.17) is 0 Å². The first kappa shape index (κ1) is 35.7. The maximum absolute atomic E-state index is 10.8. The van der Waals surface area contributed by atoms with Gasteiger partial charge in [-0.25, -0.2) is 8.42 Å². The Morgan fingerprint density at radius 2 is 0.844 bits per heavy atom. The predicted molar refractivity (Wildman–Crippen MR) is 132 cm³/mol. The molecule has 32 heavy (non-hydrogen) atoms. The van der Waals surface area contributed by atoms with Gasteiger partial charge in [0.15, 0.2) is 0 Å². The molecule has 6 heteroatoms. The molecule has 0 aliphatic carbocycles. The maximum Gasteiger partial charge on any atom is 1.00 e. The Hall–Kier alpha value is 1.51. The molecule has 0 aromatic heterocycles. The molecule has 0 amide bonds. The van der Waals surface area contributed by atoms with E-state index in [1.54, 1.807) is 0 Å². The fourth-order valence-electron chi connectivity index (χ4n) is 4.33. The van der Waals surface area contributed by atoms with E-state index in [0.717, 1.165) is 25.7 Å². The average molecular weight is 501 g/mol. The topological polar surface area (TPSA) is 66.4 Å². The summed E-state index contributed by atoms with van der Waals surface area (Å²) in [5.41, 5.74) is 0. The van der Waals surface area contributed by atoms with Crippen molar-refractivity contribution in [3.05, 3.63) is 0 Å². The van der Waals surface area contributed by atoms with Crippen molar-refractivity contribution in [2.75, 3.05) is 6.61 Å². The van der Waals surface area contributed by atoms with Crippen molar-refractivity contribution in [3.63, 3.8) is 0 Å². The summed E-state index contributed by atoms with van der Waals surface area (Å²) < 4.78 is 37.1. The summed E-state index contributed by atoms with van der Waals surface area (Å²) in [4.78, 5) is 0. The summed E-state index contributed by atoms with van der Waals surface area (Å²) in [5, 5.41) is 0. The van der Waals surface area contributed by atoms with Crippen LogP contribution in [-0.2, 0) is 14.6 Å². The van der Waals surface area contributed by atoms with Gasteiger partial charge in [-0.1, -0.05) is 142 Å². The normalized spacial score (nSPS) is 12.6. The quantitative estimate of drug-likeness (QED) is 0.0697. The Morgan fingerprint density at radius 3 is 1.12 bits per heavy atom. The Bertz CT molecular complexity index is 457. The number of unbranched alkanes of at least 4 members (excludes halogenated alkanes) is 18. The molecule has 0 heterocycles. The van der Waals surface area contributed by atoms with Crippen LogP contribution in [-0.4, -0.2) is 19.6 Å². The zero-order valence-electron chi connectivity index (χ0n) is 21.9. The van der Waals surface area contributed by atoms with Crippen molar-refractivity contribution in [2.45, 2.75) is 155 Å². The second kappa shape index (κ2) is 27.1. The average Bonchev–Trinajstić information content (AvgIpc) is 2.73. The molecular formula is C26H53KO4S. The first-order valence-electron chi connectivity index (χ1n) is 13.6. The maximum atomic E-state index is 10.8. The molecule has 0 spiro atoms. The van der Waals surface area contributed by atoms with Gasteiger partial charge in [0.1, 0.15) is 0 Å². The zero-order chi connectivity index (χ0) is 23.0. The van der Waals surface area contributed by atoms with Gasteiger partial charge >= 0.3 is 51.4 Å². The van der Waals surface area contributed by atoms with Crippen molar-refractivity contribution >= 4 is 10.4 Å². The molecule has 0 aromatic rings. The smallest absolute Gasteiger partial charge is 0.726 e. The molecule has 1 unspecified atom stereocenters. The third-order valence-corrected chi connectivity index (χ3v) is 6.80. The first-order valence-corrected chi connectivity index (χ1v) is 14.9. The summed E-state index contributed by atoms with van der Waals surface area (Å²) in [7, 11) is -4.57. The number of rotatable bonds is 25. The number of hydrogen-bond donors (Lipinski definition) is 0. The molecule has 0 saturated heterocycles. The van der Waals surface area contributed by atoms with Gasteiger partial charge in [0.2, 0.25) is 10.4 Å². The summed E-state index contributed by atoms with van der Waals surface area (Å²) in [6.45, 7) is 4.56. The molecule has 4 nitrogen and oxygen atoms in total. The minimum Gasteiger partial charge on any atom is -0.726 e. The van der Waals surface area contributed by atoms with E-state index in [2.05, 4.69) is 18.0 Å². The molecular weight excluding hydrogens is 447 g/mol. The van der Waals surface area contributed by atoms with Gasteiger partial charge in [0.25, 0.3) is 0 Å². The molecule has 0 rings (SSSR count). The van der Waals surface area contributed by atoms with E-state index in [0.29, 0.717) is 0 Å². The molecule has 1 atom stereocenters. The van der Waals surface area contributed by atoms with Gasteiger partial charge in [-0.2, -0.15) is 0 Å². The Morgan fingerprint density at radius 1 is 0.562 bits per heavy atom. The summed E-state index contributed by atoms with van der Waals surface area (Å²) in [6.07, 6.45) is 28.0. The summed E-state index contributed by atoms with van der Waals surface area (Å²) >= 11 is 0. The van der Waals surface area contributed by atoms with Crippen molar-refractivity contribution in [1.29, 1.82) is 0 Å². The summed E-state index contributed by atoms with van der Waals surface area (Å²) in [6, 6.07) is 0. The molecule has 0 fully saturated rings. The standard InChI is InChI=1S/C26H54O4S.K/c1-3-5-7-9-11-12-13-14-15-16-18-20-22-24-26(25-30-31(27,28)29)23-21-19-17-10-8-6-4-2;/h26H,3-25H2,1-2H3,(H,27,28,29);/q;+1/p-1.